The smallest absolute Gasteiger partial charge is 0.270 e. The molecule has 2 aliphatic heterocycles. The van der Waals surface area contributed by atoms with Crippen molar-refractivity contribution in [2.75, 3.05) is 31.1 Å². The number of anilines is 1. The second-order valence-corrected chi connectivity index (χ2v) is 9.05. The van der Waals surface area contributed by atoms with Crippen LogP contribution in [0.1, 0.15) is 54.7 Å². The maximum absolute atomic E-state index is 13.6. The Morgan fingerprint density at radius 2 is 2.00 bits per heavy atom. The molecule has 1 amide bonds. The number of benzene rings is 1. The molecular weight excluding hydrogens is 416 g/mol. The number of nitro groups is 1. The van der Waals surface area contributed by atoms with Crippen LogP contribution in [0.4, 0.5) is 11.4 Å². The SMILES string of the molecule is CC1CCN(c2ccc([N+](=O)[O-])cc2C(=O)N2CCCC(c3n[nH]c(=S)n3C)C2)CC1. The molecule has 0 radical (unpaired) electrons. The Morgan fingerprint density at radius 1 is 1.26 bits per heavy atom. The zero-order valence-corrected chi connectivity index (χ0v) is 18.7. The lowest BCUT2D eigenvalue weighted by Crippen LogP contribution is -2.41. The van der Waals surface area contributed by atoms with E-state index in [1.54, 1.807) is 11.0 Å². The Morgan fingerprint density at radius 3 is 2.65 bits per heavy atom. The lowest BCUT2D eigenvalue weighted by Gasteiger charge is -2.35. The summed E-state index contributed by atoms with van der Waals surface area (Å²) in [4.78, 5) is 28.6. The highest BCUT2D eigenvalue weighted by atomic mass is 32.1. The molecule has 4 rings (SSSR count). The standard InChI is InChI=1S/C21H28N6O3S/c1-14-7-10-25(11-8-14)18-6-5-16(27(29)30)12-17(18)20(28)26-9-3-4-15(13-26)19-22-23-21(31)24(19)2/h5-6,12,14-15H,3-4,7-11,13H2,1-2H3,(H,23,31). The van der Waals surface area contributed by atoms with Crippen LogP contribution >= 0.6 is 12.2 Å². The fraction of sp³-hybridized carbons (Fsp3) is 0.571. The first kappa shape index (κ1) is 21.5. The van der Waals surface area contributed by atoms with Gasteiger partial charge in [0.2, 0.25) is 0 Å². The number of nitrogens with zero attached hydrogens (tertiary/aromatic N) is 5. The van der Waals surface area contributed by atoms with Crippen molar-refractivity contribution in [1.29, 1.82) is 0 Å². The third-order valence-corrected chi connectivity index (χ3v) is 6.90. The quantitative estimate of drug-likeness (QED) is 0.439. The van der Waals surface area contributed by atoms with Crippen LogP contribution in [0.25, 0.3) is 0 Å². The maximum atomic E-state index is 13.6. The van der Waals surface area contributed by atoms with Gasteiger partial charge in [0, 0.05) is 51.3 Å². The van der Waals surface area contributed by atoms with Crippen molar-refractivity contribution in [2.45, 2.75) is 38.5 Å². The van der Waals surface area contributed by atoms with Crippen LogP contribution in [0.5, 0.6) is 0 Å². The van der Waals surface area contributed by atoms with Crippen molar-refractivity contribution >= 4 is 29.5 Å². The van der Waals surface area contributed by atoms with Gasteiger partial charge in [0.25, 0.3) is 11.6 Å². The fourth-order valence-electron chi connectivity index (χ4n) is 4.60. The van der Waals surface area contributed by atoms with E-state index < -0.39 is 4.92 Å². The van der Waals surface area contributed by atoms with Crippen LogP contribution in [-0.2, 0) is 7.05 Å². The van der Waals surface area contributed by atoms with Crippen molar-refractivity contribution < 1.29 is 9.72 Å². The highest BCUT2D eigenvalue weighted by Crippen LogP contribution is 2.32. The number of carbonyl (C=O) groups is 1. The zero-order chi connectivity index (χ0) is 22.1. The molecule has 2 saturated heterocycles. The van der Waals surface area contributed by atoms with Crippen LogP contribution in [0, 0.1) is 20.8 Å². The monoisotopic (exact) mass is 444 g/mol. The van der Waals surface area contributed by atoms with Gasteiger partial charge < -0.3 is 14.4 Å². The van der Waals surface area contributed by atoms with E-state index >= 15 is 0 Å². The van der Waals surface area contributed by atoms with E-state index in [9.17, 15) is 14.9 Å². The van der Waals surface area contributed by atoms with Gasteiger partial charge in [0.1, 0.15) is 5.82 Å². The first-order chi connectivity index (χ1) is 14.8. The molecule has 31 heavy (non-hydrogen) atoms. The lowest BCUT2D eigenvalue weighted by atomic mass is 9.95. The summed E-state index contributed by atoms with van der Waals surface area (Å²) < 4.78 is 2.40. The van der Waals surface area contributed by atoms with Gasteiger partial charge in [0.15, 0.2) is 4.77 Å². The minimum Gasteiger partial charge on any atom is -0.371 e. The van der Waals surface area contributed by atoms with Gasteiger partial charge in [-0.3, -0.25) is 20.0 Å². The molecule has 0 saturated carbocycles. The van der Waals surface area contributed by atoms with E-state index in [4.69, 9.17) is 12.2 Å². The molecule has 2 aromatic rings. The highest BCUT2D eigenvalue weighted by Gasteiger charge is 2.31. The zero-order valence-electron chi connectivity index (χ0n) is 17.9. The van der Waals surface area contributed by atoms with Crippen molar-refractivity contribution in [2.24, 2.45) is 13.0 Å². The molecule has 0 spiro atoms. The number of amides is 1. The van der Waals surface area contributed by atoms with E-state index in [2.05, 4.69) is 22.0 Å². The topological polar surface area (TPSA) is 100 Å². The van der Waals surface area contributed by atoms with Gasteiger partial charge in [0.05, 0.1) is 16.2 Å². The number of aromatic amines is 1. The van der Waals surface area contributed by atoms with Crippen molar-refractivity contribution in [3.8, 4) is 0 Å². The van der Waals surface area contributed by atoms with E-state index in [1.165, 1.54) is 12.1 Å². The number of nitrogens with one attached hydrogen (secondary N) is 1. The molecular formula is C21H28N6O3S. The maximum Gasteiger partial charge on any atom is 0.270 e. The summed E-state index contributed by atoms with van der Waals surface area (Å²) in [7, 11) is 1.87. The largest absolute Gasteiger partial charge is 0.371 e. The predicted molar refractivity (Wildman–Crippen MR) is 120 cm³/mol. The van der Waals surface area contributed by atoms with Gasteiger partial charge in [-0.2, -0.15) is 5.10 Å². The molecule has 1 aromatic carbocycles. The Hall–Kier alpha value is -2.75. The molecule has 1 N–H and O–H groups in total. The summed E-state index contributed by atoms with van der Waals surface area (Å²) in [6.07, 6.45) is 3.87. The molecule has 166 valence electrons. The number of hydrogen-bond acceptors (Lipinski definition) is 6. The van der Waals surface area contributed by atoms with Crippen LogP contribution < -0.4 is 4.90 Å². The molecule has 10 heteroatoms. The molecule has 3 heterocycles. The lowest BCUT2D eigenvalue weighted by molar-refractivity contribution is -0.384. The Labute approximate surface area is 186 Å². The number of carbonyl (C=O) groups excluding carboxylic acids is 1. The summed E-state index contributed by atoms with van der Waals surface area (Å²) in [6, 6.07) is 4.67. The minimum absolute atomic E-state index is 0.0551. The van der Waals surface area contributed by atoms with Gasteiger partial charge in [-0.25, -0.2) is 0 Å². The first-order valence-corrected chi connectivity index (χ1v) is 11.2. The molecule has 1 aromatic heterocycles. The Kier molecular flexibility index (Phi) is 6.08. The van der Waals surface area contributed by atoms with E-state index in [0.717, 1.165) is 50.3 Å². The van der Waals surface area contributed by atoms with Crippen LogP contribution in [0.15, 0.2) is 18.2 Å². The van der Waals surface area contributed by atoms with E-state index in [1.807, 2.05) is 11.6 Å². The molecule has 2 aliphatic rings. The third-order valence-electron chi connectivity index (χ3n) is 6.53. The number of non-ortho nitro benzene ring substituents is 1. The Bertz CT molecular complexity index is 1040. The summed E-state index contributed by atoms with van der Waals surface area (Å²) in [5.41, 5.74) is 1.16. The number of rotatable bonds is 4. The normalized spacial score (nSPS) is 20.1. The first-order valence-electron chi connectivity index (χ1n) is 10.8. The number of aromatic nitrogens is 3. The van der Waals surface area contributed by atoms with E-state index in [-0.39, 0.29) is 17.5 Å². The molecule has 1 unspecified atom stereocenters. The molecule has 0 bridgehead atoms. The van der Waals surface area contributed by atoms with Crippen molar-refractivity contribution in [1.82, 2.24) is 19.7 Å². The number of nitro benzene ring substituents is 1. The second kappa shape index (κ2) is 8.78. The molecule has 2 fully saturated rings. The average molecular weight is 445 g/mol. The number of H-pyrrole nitrogens is 1. The molecule has 1 atom stereocenters. The summed E-state index contributed by atoms with van der Waals surface area (Å²) in [5, 5.41) is 18.6. The van der Waals surface area contributed by atoms with Crippen LogP contribution in [-0.4, -0.2) is 56.7 Å². The van der Waals surface area contributed by atoms with Crippen molar-refractivity contribution in [3.63, 3.8) is 0 Å². The van der Waals surface area contributed by atoms with E-state index in [0.29, 0.717) is 29.3 Å². The van der Waals surface area contributed by atoms with Crippen molar-refractivity contribution in [3.05, 3.63) is 44.5 Å². The third kappa shape index (κ3) is 4.34. The molecule has 0 aliphatic carbocycles. The highest BCUT2D eigenvalue weighted by molar-refractivity contribution is 7.71. The predicted octanol–water partition coefficient (Wildman–Crippen LogP) is 3.64. The summed E-state index contributed by atoms with van der Waals surface area (Å²) in [5.74, 6) is 1.42. The number of hydrogen-bond donors (Lipinski definition) is 1. The average Bonchev–Trinajstić information content (AvgIpc) is 3.12. The molecule has 9 nitrogen and oxygen atoms in total. The summed E-state index contributed by atoms with van der Waals surface area (Å²) in [6.45, 7) is 5.09. The van der Waals surface area contributed by atoms with Gasteiger partial charge >= 0.3 is 0 Å². The van der Waals surface area contributed by atoms with Crippen LogP contribution in [0.3, 0.4) is 0 Å². The summed E-state index contributed by atoms with van der Waals surface area (Å²) >= 11 is 5.23. The fourth-order valence-corrected chi connectivity index (χ4v) is 4.74. The minimum atomic E-state index is -0.438. The number of piperidine rings is 2. The van der Waals surface area contributed by atoms with Gasteiger partial charge in [-0.05, 0) is 49.9 Å². The van der Waals surface area contributed by atoms with Gasteiger partial charge in [-0.15, -0.1) is 0 Å². The number of likely N-dealkylation sites (tertiary alicyclic amines) is 1. The van der Waals surface area contributed by atoms with Crippen LogP contribution in [0.2, 0.25) is 0 Å². The Balaban J connectivity index is 1.63. The second-order valence-electron chi connectivity index (χ2n) is 8.66. The van der Waals surface area contributed by atoms with Gasteiger partial charge in [-0.1, -0.05) is 6.92 Å².